The Morgan fingerprint density at radius 2 is 1.89 bits per heavy atom. The largest absolute Gasteiger partial charge is 0.494 e. The molecule has 2 saturated heterocycles. The number of halogens is 1. The minimum absolute atomic E-state index is 0.213. The smallest absolute Gasteiger partial charge is 0.226 e. The lowest BCUT2D eigenvalue weighted by Crippen LogP contribution is -2.37. The Balaban J connectivity index is 1.39. The van der Waals surface area contributed by atoms with Crippen LogP contribution in [0.2, 0.25) is 0 Å². The topological polar surface area (TPSA) is 38.5 Å². The van der Waals surface area contributed by atoms with Gasteiger partial charge < -0.3 is 9.15 Å². The van der Waals surface area contributed by atoms with Crippen molar-refractivity contribution in [3.05, 3.63) is 35.5 Å². The van der Waals surface area contributed by atoms with E-state index in [0.29, 0.717) is 11.9 Å². The van der Waals surface area contributed by atoms with Crippen LogP contribution in [0.15, 0.2) is 22.6 Å². The van der Waals surface area contributed by atoms with Gasteiger partial charge in [-0.1, -0.05) is 0 Å². The third-order valence-electron chi connectivity index (χ3n) is 6.86. The van der Waals surface area contributed by atoms with Crippen molar-refractivity contribution in [1.82, 2.24) is 9.88 Å². The summed E-state index contributed by atoms with van der Waals surface area (Å²) in [6.07, 6.45) is 7.00. The first-order valence-electron chi connectivity index (χ1n) is 10.1. The van der Waals surface area contributed by atoms with E-state index in [1.54, 1.807) is 12.1 Å². The van der Waals surface area contributed by atoms with E-state index in [1.165, 1.54) is 51.8 Å². The van der Waals surface area contributed by atoms with Gasteiger partial charge in [0, 0.05) is 24.7 Å². The van der Waals surface area contributed by atoms with E-state index in [1.807, 2.05) is 6.92 Å². The van der Waals surface area contributed by atoms with Crippen molar-refractivity contribution < 1.29 is 13.5 Å². The third-order valence-corrected chi connectivity index (χ3v) is 6.86. The summed E-state index contributed by atoms with van der Waals surface area (Å²) in [4.78, 5) is 7.42. The Kier molecular flexibility index (Phi) is 4.23. The van der Waals surface area contributed by atoms with E-state index in [0.717, 1.165) is 41.3 Å². The van der Waals surface area contributed by atoms with Crippen molar-refractivity contribution in [1.29, 1.82) is 0 Å². The van der Waals surface area contributed by atoms with Crippen molar-refractivity contribution in [2.24, 2.45) is 17.8 Å². The van der Waals surface area contributed by atoms with E-state index in [4.69, 9.17) is 14.1 Å². The molecular weight excluding hydrogens is 343 g/mol. The van der Waals surface area contributed by atoms with Gasteiger partial charge in [-0.3, -0.25) is 4.90 Å². The molecule has 2 aliphatic carbocycles. The van der Waals surface area contributed by atoms with Crippen LogP contribution in [0.1, 0.15) is 43.6 Å². The second-order valence-electron chi connectivity index (χ2n) is 8.73. The lowest BCUT2D eigenvalue weighted by molar-refractivity contribution is 0.121. The molecule has 0 spiro atoms. The Morgan fingerprint density at radius 1 is 1.15 bits per heavy atom. The van der Waals surface area contributed by atoms with Crippen LogP contribution in [0.25, 0.3) is 11.5 Å². The van der Waals surface area contributed by atoms with E-state index < -0.39 is 0 Å². The summed E-state index contributed by atoms with van der Waals surface area (Å²) in [5, 5.41) is 0. The van der Waals surface area contributed by atoms with Crippen molar-refractivity contribution >= 4 is 0 Å². The maximum absolute atomic E-state index is 13.7. The molecule has 4 nitrogen and oxygen atoms in total. The van der Waals surface area contributed by atoms with Gasteiger partial charge >= 0.3 is 0 Å². The summed E-state index contributed by atoms with van der Waals surface area (Å²) < 4.78 is 24.7. The average Bonchev–Trinajstić information content (AvgIpc) is 2.90. The molecule has 144 valence electrons. The Morgan fingerprint density at radius 3 is 2.63 bits per heavy atom. The maximum Gasteiger partial charge on any atom is 0.226 e. The van der Waals surface area contributed by atoms with E-state index in [-0.39, 0.29) is 11.6 Å². The number of oxazole rings is 1. The molecule has 3 heterocycles. The van der Waals surface area contributed by atoms with Crippen LogP contribution < -0.4 is 4.74 Å². The monoisotopic (exact) mass is 370 g/mol. The normalized spacial score (nSPS) is 29.9. The second-order valence-corrected chi connectivity index (χ2v) is 8.73. The number of benzene rings is 1. The molecule has 5 heteroatoms. The number of hydrogen-bond acceptors (Lipinski definition) is 4. The van der Waals surface area contributed by atoms with Crippen molar-refractivity contribution in [2.45, 2.75) is 51.6 Å². The van der Waals surface area contributed by atoms with Crippen molar-refractivity contribution in [3.8, 4) is 17.2 Å². The average molecular weight is 370 g/mol. The summed E-state index contributed by atoms with van der Waals surface area (Å²) in [7, 11) is 1.47. The zero-order chi connectivity index (χ0) is 18.5. The first kappa shape index (κ1) is 17.2. The molecule has 2 unspecified atom stereocenters. The molecule has 2 aromatic rings. The summed E-state index contributed by atoms with van der Waals surface area (Å²) in [6, 6.07) is 5.44. The molecular formula is C22H27FN2O2. The van der Waals surface area contributed by atoms with Gasteiger partial charge in [-0.05, 0) is 75.0 Å². The van der Waals surface area contributed by atoms with Crippen LogP contribution in [-0.2, 0) is 6.54 Å². The highest BCUT2D eigenvalue weighted by Gasteiger charge is 2.42. The minimum Gasteiger partial charge on any atom is -0.494 e. The number of nitrogens with zero attached hydrogens (tertiary/aromatic N) is 2. The highest BCUT2D eigenvalue weighted by atomic mass is 19.1. The lowest BCUT2D eigenvalue weighted by Gasteiger charge is -2.39. The number of fused-ring (bicyclic) bond motifs is 1. The molecule has 4 bridgehead atoms. The predicted octanol–water partition coefficient (Wildman–Crippen LogP) is 4.81. The Bertz CT molecular complexity index is 835. The van der Waals surface area contributed by atoms with Gasteiger partial charge in [0.05, 0.1) is 12.8 Å². The molecule has 0 amide bonds. The highest BCUT2D eigenvalue weighted by Crippen LogP contribution is 2.47. The second kappa shape index (κ2) is 6.62. The fourth-order valence-corrected chi connectivity index (χ4v) is 5.76. The highest BCUT2D eigenvalue weighted by molar-refractivity contribution is 5.56. The van der Waals surface area contributed by atoms with Crippen molar-refractivity contribution in [2.75, 3.05) is 13.7 Å². The van der Waals surface area contributed by atoms with Gasteiger partial charge in [0.25, 0.3) is 0 Å². The number of rotatable bonds is 4. The van der Waals surface area contributed by atoms with E-state index in [9.17, 15) is 4.39 Å². The lowest BCUT2D eigenvalue weighted by atomic mass is 9.68. The van der Waals surface area contributed by atoms with Gasteiger partial charge in [-0.15, -0.1) is 0 Å². The Hall–Kier alpha value is -1.88. The van der Waals surface area contributed by atoms with E-state index >= 15 is 0 Å². The Labute approximate surface area is 159 Å². The number of methoxy groups -OCH3 is 1. The molecule has 0 radical (unpaired) electrons. The molecule has 4 atom stereocenters. The number of hydrogen-bond donors (Lipinski definition) is 0. The summed E-state index contributed by atoms with van der Waals surface area (Å²) in [5.74, 6) is 3.98. The molecule has 6 rings (SSSR count). The third kappa shape index (κ3) is 3.16. The summed E-state index contributed by atoms with van der Waals surface area (Å²) >= 11 is 0. The van der Waals surface area contributed by atoms with Gasteiger partial charge in [0.2, 0.25) is 5.89 Å². The quantitative estimate of drug-likeness (QED) is 0.774. The van der Waals surface area contributed by atoms with Gasteiger partial charge in [0.15, 0.2) is 11.6 Å². The first-order chi connectivity index (χ1) is 13.1. The maximum atomic E-state index is 13.7. The molecule has 1 aromatic heterocycles. The summed E-state index contributed by atoms with van der Waals surface area (Å²) in [5.41, 5.74) is 1.76. The van der Waals surface area contributed by atoms with Crippen LogP contribution >= 0.6 is 0 Å². The van der Waals surface area contributed by atoms with Crippen molar-refractivity contribution in [3.63, 3.8) is 0 Å². The van der Waals surface area contributed by atoms with Crippen LogP contribution in [0.4, 0.5) is 4.39 Å². The fourth-order valence-electron chi connectivity index (χ4n) is 5.76. The molecule has 2 aliphatic heterocycles. The number of ether oxygens (including phenoxy) is 1. The van der Waals surface area contributed by atoms with Crippen LogP contribution in [0, 0.1) is 30.5 Å². The summed E-state index contributed by atoms with van der Waals surface area (Å²) in [6.45, 7) is 4.03. The molecule has 27 heavy (non-hydrogen) atoms. The molecule has 4 aliphatic rings. The van der Waals surface area contributed by atoms with Crippen LogP contribution in [-0.4, -0.2) is 29.6 Å². The molecule has 2 saturated carbocycles. The predicted molar refractivity (Wildman–Crippen MR) is 101 cm³/mol. The van der Waals surface area contributed by atoms with Crippen LogP contribution in [0.5, 0.6) is 5.75 Å². The van der Waals surface area contributed by atoms with Gasteiger partial charge in [-0.2, -0.15) is 0 Å². The zero-order valence-corrected chi connectivity index (χ0v) is 16.1. The number of aromatic nitrogens is 1. The minimum atomic E-state index is -0.375. The zero-order valence-electron chi connectivity index (χ0n) is 16.1. The first-order valence-corrected chi connectivity index (χ1v) is 10.1. The van der Waals surface area contributed by atoms with Crippen LogP contribution in [0.3, 0.4) is 0 Å². The molecule has 4 fully saturated rings. The van der Waals surface area contributed by atoms with E-state index in [2.05, 4.69) is 4.90 Å². The standard InChI is InChI=1S/C22H27FN2O2/c1-13-20(24-22(27-13)17-3-4-19(23)21(10-17)26-2)12-25-11-16-6-14-5-15(7-16)9-18(25)8-14/h3-4,10,14-16,18H,5-9,11-12H2,1-2H3/t14-,15+,16?,18?. The fraction of sp³-hybridized carbons (Fsp3) is 0.591. The molecule has 0 N–H and O–H groups in total. The number of aryl methyl sites for hydroxylation is 1. The molecule has 1 aromatic carbocycles. The van der Waals surface area contributed by atoms with Gasteiger partial charge in [-0.25, -0.2) is 9.37 Å². The van der Waals surface area contributed by atoms with Gasteiger partial charge in [0.1, 0.15) is 5.76 Å². The SMILES string of the molecule is COc1cc(-c2nc(CN3CC4C[C@@H]5CC3C[C@H](C4)C5)c(C)o2)ccc1F.